The number of benzene rings is 2. The normalized spacial score (nSPS) is 17.0. The molecule has 2 aliphatic heterocycles. The second-order valence-electron chi connectivity index (χ2n) is 11.3. The molecule has 6 nitrogen and oxygen atoms in total. The largest absolute Gasteiger partial charge is 0.493 e. The maximum absolute atomic E-state index is 13.1. The molecular weight excluding hydrogens is 521 g/mol. The number of alkyl halides is 3. The molecule has 0 atom stereocenters. The van der Waals surface area contributed by atoms with Crippen LogP contribution in [0, 0.1) is 11.3 Å². The fraction of sp³-hybridized carbons (Fsp3) is 0.548. The number of carbonyl (C=O) groups is 2. The van der Waals surface area contributed by atoms with Gasteiger partial charge in [0.2, 0.25) is 0 Å². The Balaban J connectivity index is 0.000000559. The van der Waals surface area contributed by atoms with Crippen molar-refractivity contribution >= 4 is 11.9 Å². The molecule has 0 aliphatic carbocycles. The number of aryl methyl sites for hydroxylation is 1. The Bertz CT molecular complexity index is 1110. The highest BCUT2D eigenvalue weighted by atomic mass is 19.4. The summed E-state index contributed by atoms with van der Waals surface area (Å²) in [6.45, 7) is 12.2. The van der Waals surface area contributed by atoms with Gasteiger partial charge >= 0.3 is 12.1 Å². The number of carboxylic acid groups (broad SMARTS) is 1. The predicted molar refractivity (Wildman–Crippen MR) is 148 cm³/mol. The summed E-state index contributed by atoms with van der Waals surface area (Å²) in [5, 5.41) is 7.12. The highest BCUT2D eigenvalue weighted by Gasteiger charge is 2.42. The molecular formula is C31H41F3N2O4. The number of carbonyl (C=O) groups excluding carboxylic acids is 1. The number of likely N-dealkylation sites (tertiary alicyclic amines) is 2. The van der Waals surface area contributed by atoms with Crippen LogP contribution in [0.4, 0.5) is 13.2 Å². The Morgan fingerprint density at radius 2 is 1.60 bits per heavy atom. The van der Waals surface area contributed by atoms with Crippen molar-refractivity contribution in [3.05, 3.63) is 65.2 Å². The number of ether oxygens (including phenoxy) is 1. The maximum Gasteiger partial charge on any atom is 0.490 e. The minimum Gasteiger partial charge on any atom is -0.493 e. The van der Waals surface area contributed by atoms with E-state index >= 15 is 0 Å². The standard InChI is InChI=1S/C29H40N2O2.C2HF3O2/c1-4-7-24-10-12-25(13-11-24)28(32)31-19-16-29(22-31)14-17-30(18-15-29)20-26-8-5-6-9-27(26)33-21-23(2)3;3-2(4,5)1(6)7/h5-6,8-13,23H,4,7,14-22H2,1-3H3;(H,6,7). The number of amides is 1. The van der Waals surface area contributed by atoms with Gasteiger partial charge in [-0.25, -0.2) is 4.79 Å². The van der Waals surface area contributed by atoms with E-state index in [1.165, 1.54) is 24.0 Å². The molecule has 40 heavy (non-hydrogen) atoms. The van der Waals surface area contributed by atoms with Crippen molar-refractivity contribution < 1.29 is 32.6 Å². The lowest BCUT2D eigenvalue weighted by Crippen LogP contribution is -2.42. The molecule has 2 fully saturated rings. The van der Waals surface area contributed by atoms with E-state index in [0.29, 0.717) is 11.3 Å². The molecule has 1 N–H and O–H groups in total. The minimum absolute atomic E-state index is 0.202. The lowest BCUT2D eigenvalue weighted by molar-refractivity contribution is -0.192. The van der Waals surface area contributed by atoms with E-state index in [0.717, 1.165) is 69.9 Å². The number of carboxylic acids is 1. The Morgan fingerprint density at radius 1 is 1.00 bits per heavy atom. The predicted octanol–water partition coefficient (Wildman–Crippen LogP) is 6.44. The number of halogens is 3. The fourth-order valence-corrected chi connectivity index (χ4v) is 5.26. The van der Waals surface area contributed by atoms with Crippen molar-refractivity contribution in [2.75, 3.05) is 32.8 Å². The van der Waals surface area contributed by atoms with E-state index in [9.17, 15) is 18.0 Å². The van der Waals surface area contributed by atoms with Crippen molar-refractivity contribution in [3.63, 3.8) is 0 Å². The van der Waals surface area contributed by atoms with Gasteiger partial charge in [0.05, 0.1) is 6.61 Å². The monoisotopic (exact) mass is 562 g/mol. The van der Waals surface area contributed by atoms with Crippen molar-refractivity contribution in [1.82, 2.24) is 9.80 Å². The lowest BCUT2D eigenvalue weighted by Gasteiger charge is -2.39. The summed E-state index contributed by atoms with van der Waals surface area (Å²) in [7, 11) is 0. The minimum atomic E-state index is -5.08. The molecule has 2 aromatic carbocycles. The molecule has 9 heteroatoms. The molecule has 2 aliphatic rings. The summed E-state index contributed by atoms with van der Waals surface area (Å²) in [5.74, 6) is -1.01. The van der Waals surface area contributed by atoms with E-state index in [2.05, 4.69) is 67.0 Å². The zero-order valence-corrected chi connectivity index (χ0v) is 23.7. The van der Waals surface area contributed by atoms with E-state index in [1.807, 2.05) is 12.1 Å². The fourth-order valence-electron chi connectivity index (χ4n) is 5.26. The molecule has 2 saturated heterocycles. The summed E-state index contributed by atoms with van der Waals surface area (Å²) < 4.78 is 37.8. The highest BCUT2D eigenvalue weighted by Crippen LogP contribution is 2.41. The average Bonchev–Trinajstić information content (AvgIpc) is 3.33. The van der Waals surface area contributed by atoms with Gasteiger partial charge < -0.3 is 14.7 Å². The van der Waals surface area contributed by atoms with Crippen LogP contribution in [-0.4, -0.2) is 65.7 Å². The molecule has 2 heterocycles. The zero-order valence-electron chi connectivity index (χ0n) is 23.7. The Kier molecular flexibility index (Phi) is 11.0. The van der Waals surface area contributed by atoms with E-state index in [4.69, 9.17) is 14.6 Å². The summed E-state index contributed by atoms with van der Waals surface area (Å²) >= 11 is 0. The SMILES string of the molecule is CCCc1ccc(C(=O)N2CCC3(CCN(Cc4ccccc4OCC(C)C)CC3)C2)cc1.O=C(O)C(F)(F)F. The van der Waals surface area contributed by atoms with Crippen molar-refractivity contribution in [2.45, 2.75) is 65.6 Å². The molecule has 1 spiro atoms. The summed E-state index contributed by atoms with van der Waals surface area (Å²) in [6.07, 6.45) is 0.596. The third-order valence-corrected chi connectivity index (χ3v) is 7.56. The number of piperidine rings is 1. The second kappa shape index (κ2) is 14.0. The van der Waals surface area contributed by atoms with Gasteiger partial charge in [0.25, 0.3) is 5.91 Å². The van der Waals surface area contributed by atoms with Crippen LogP contribution in [0.1, 0.15) is 67.9 Å². The Morgan fingerprint density at radius 3 is 2.17 bits per heavy atom. The quantitative estimate of drug-likeness (QED) is 0.401. The number of para-hydroxylation sites is 1. The molecule has 0 aromatic heterocycles. The second-order valence-corrected chi connectivity index (χ2v) is 11.3. The molecule has 0 bridgehead atoms. The van der Waals surface area contributed by atoms with Crippen LogP contribution in [0.25, 0.3) is 0 Å². The van der Waals surface area contributed by atoms with Gasteiger partial charge in [-0.3, -0.25) is 9.69 Å². The smallest absolute Gasteiger partial charge is 0.490 e. The number of nitrogens with zero attached hydrogens (tertiary/aromatic N) is 2. The number of hydrogen-bond donors (Lipinski definition) is 1. The van der Waals surface area contributed by atoms with Gasteiger partial charge in [-0.05, 0) is 73.9 Å². The molecule has 0 saturated carbocycles. The number of hydrogen-bond acceptors (Lipinski definition) is 4. The first-order valence-corrected chi connectivity index (χ1v) is 14.0. The van der Waals surface area contributed by atoms with Crippen LogP contribution < -0.4 is 4.74 Å². The van der Waals surface area contributed by atoms with Gasteiger partial charge in [-0.15, -0.1) is 0 Å². The Labute approximate surface area is 235 Å². The number of rotatable bonds is 8. The van der Waals surface area contributed by atoms with Crippen molar-refractivity contribution in [3.8, 4) is 5.75 Å². The van der Waals surface area contributed by atoms with Crippen LogP contribution in [0.15, 0.2) is 48.5 Å². The van der Waals surface area contributed by atoms with Gasteiger partial charge in [0.15, 0.2) is 0 Å². The van der Waals surface area contributed by atoms with Gasteiger partial charge in [0, 0.05) is 30.8 Å². The van der Waals surface area contributed by atoms with E-state index in [1.54, 1.807) is 0 Å². The molecule has 4 rings (SSSR count). The lowest BCUT2D eigenvalue weighted by atomic mass is 9.77. The molecule has 220 valence electrons. The third-order valence-electron chi connectivity index (χ3n) is 7.56. The van der Waals surface area contributed by atoms with Crippen LogP contribution in [0.3, 0.4) is 0 Å². The van der Waals surface area contributed by atoms with Crippen LogP contribution in [0.2, 0.25) is 0 Å². The molecule has 1 amide bonds. The van der Waals surface area contributed by atoms with Crippen molar-refractivity contribution in [1.29, 1.82) is 0 Å². The van der Waals surface area contributed by atoms with Gasteiger partial charge in [-0.2, -0.15) is 13.2 Å². The van der Waals surface area contributed by atoms with Gasteiger partial charge in [-0.1, -0.05) is 57.5 Å². The Hall–Kier alpha value is -3.07. The van der Waals surface area contributed by atoms with E-state index in [-0.39, 0.29) is 5.91 Å². The topological polar surface area (TPSA) is 70.1 Å². The molecule has 0 radical (unpaired) electrons. The average molecular weight is 563 g/mol. The molecule has 0 unspecified atom stereocenters. The first kappa shape index (κ1) is 31.5. The summed E-state index contributed by atoms with van der Waals surface area (Å²) in [4.78, 5) is 26.6. The first-order valence-electron chi connectivity index (χ1n) is 14.0. The van der Waals surface area contributed by atoms with Crippen LogP contribution >= 0.6 is 0 Å². The van der Waals surface area contributed by atoms with Crippen LogP contribution in [-0.2, 0) is 17.8 Å². The summed E-state index contributed by atoms with van der Waals surface area (Å²) in [6, 6.07) is 16.7. The number of aliphatic carboxylic acids is 1. The third kappa shape index (κ3) is 8.98. The summed E-state index contributed by atoms with van der Waals surface area (Å²) in [5.41, 5.74) is 3.73. The highest BCUT2D eigenvalue weighted by molar-refractivity contribution is 5.94. The zero-order chi connectivity index (χ0) is 29.3. The van der Waals surface area contributed by atoms with Gasteiger partial charge in [0.1, 0.15) is 5.75 Å². The molecule has 2 aromatic rings. The van der Waals surface area contributed by atoms with Crippen LogP contribution in [0.5, 0.6) is 5.75 Å². The van der Waals surface area contributed by atoms with Crippen molar-refractivity contribution in [2.24, 2.45) is 11.3 Å². The first-order chi connectivity index (χ1) is 18.9. The maximum atomic E-state index is 13.1. The van der Waals surface area contributed by atoms with E-state index < -0.39 is 12.1 Å².